The van der Waals surface area contributed by atoms with E-state index in [1.165, 1.54) is 0 Å². The first-order chi connectivity index (χ1) is 12.2. The summed E-state index contributed by atoms with van der Waals surface area (Å²) in [5.74, 6) is 1.65. The number of likely N-dealkylation sites (tertiary alicyclic amines) is 1. The van der Waals surface area contributed by atoms with Crippen molar-refractivity contribution in [2.75, 3.05) is 27.0 Å². The second-order valence-electron chi connectivity index (χ2n) is 5.96. The summed E-state index contributed by atoms with van der Waals surface area (Å²) in [5, 5.41) is 0. The third kappa shape index (κ3) is 3.47. The number of nitrogens with zero attached hydrogens (tertiary/aromatic N) is 1. The molecule has 1 atom stereocenters. The van der Waals surface area contributed by atoms with Crippen LogP contribution < -0.4 is 9.47 Å². The monoisotopic (exact) mass is 357 g/mol. The number of methoxy groups -OCH3 is 2. The number of thioether (sulfide) groups is 1. The molecule has 0 bridgehead atoms. The van der Waals surface area contributed by atoms with E-state index in [9.17, 15) is 4.79 Å². The molecule has 0 radical (unpaired) electrons. The van der Waals surface area contributed by atoms with Crippen molar-refractivity contribution in [2.45, 2.75) is 23.8 Å². The van der Waals surface area contributed by atoms with Crippen molar-refractivity contribution in [3.05, 3.63) is 53.6 Å². The normalized spacial score (nSPS) is 16.8. The zero-order valence-corrected chi connectivity index (χ0v) is 15.6. The molecule has 2 aromatic rings. The predicted molar refractivity (Wildman–Crippen MR) is 101 cm³/mol. The Bertz CT molecular complexity index is 762. The van der Waals surface area contributed by atoms with Crippen LogP contribution in [0.25, 0.3) is 0 Å². The summed E-state index contributed by atoms with van der Waals surface area (Å²) in [6.07, 6.45) is 3.91. The Labute approximate surface area is 153 Å². The van der Waals surface area contributed by atoms with Crippen LogP contribution in [-0.4, -0.2) is 37.8 Å². The third-order valence-corrected chi connectivity index (χ3v) is 5.44. The first kappa shape index (κ1) is 17.7. The molecule has 132 valence electrons. The van der Waals surface area contributed by atoms with Gasteiger partial charge in [-0.15, -0.1) is 11.8 Å². The molecule has 0 spiro atoms. The van der Waals surface area contributed by atoms with Gasteiger partial charge in [-0.2, -0.15) is 0 Å². The van der Waals surface area contributed by atoms with E-state index >= 15 is 0 Å². The summed E-state index contributed by atoms with van der Waals surface area (Å²) in [7, 11) is 3.31. The van der Waals surface area contributed by atoms with E-state index in [1.807, 2.05) is 53.6 Å². The molecular formula is C20H23NO3S. The number of amides is 1. The Morgan fingerprint density at radius 2 is 1.96 bits per heavy atom. The van der Waals surface area contributed by atoms with Gasteiger partial charge in [0, 0.05) is 17.0 Å². The molecular weight excluding hydrogens is 334 g/mol. The van der Waals surface area contributed by atoms with E-state index in [4.69, 9.17) is 9.47 Å². The smallest absolute Gasteiger partial charge is 0.255 e. The van der Waals surface area contributed by atoms with Crippen LogP contribution in [-0.2, 0) is 0 Å². The van der Waals surface area contributed by atoms with Gasteiger partial charge in [0.25, 0.3) is 5.91 Å². The summed E-state index contributed by atoms with van der Waals surface area (Å²) in [5.41, 5.74) is 1.78. The molecule has 3 rings (SSSR count). The molecule has 1 amide bonds. The van der Waals surface area contributed by atoms with Gasteiger partial charge in [0.05, 0.1) is 25.8 Å². The minimum atomic E-state index is 0.00691. The summed E-state index contributed by atoms with van der Waals surface area (Å²) >= 11 is 1.60. The lowest BCUT2D eigenvalue weighted by molar-refractivity contribution is 0.0730. The molecule has 0 N–H and O–H groups in total. The maximum atomic E-state index is 13.2. The van der Waals surface area contributed by atoms with Crippen LogP contribution in [0.15, 0.2) is 47.4 Å². The van der Waals surface area contributed by atoms with E-state index in [-0.39, 0.29) is 11.9 Å². The van der Waals surface area contributed by atoms with Gasteiger partial charge in [-0.25, -0.2) is 0 Å². The lowest BCUT2D eigenvalue weighted by Crippen LogP contribution is -2.31. The standard InChI is InChI=1S/C20H23NO3S/c1-23-14-10-11-18(24-2)16(13-14)17-8-6-12-21(17)20(22)15-7-4-5-9-19(15)25-3/h4-5,7,9-11,13,17H,6,8,12H2,1-3H3. The zero-order valence-electron chi connectivity index (χ0n) is 14.8. The molecule has 1 aliphatic heterocycles. The van der Waals surface area contributed by atoms with Crippen LogP contribution in [0.5, 0.6) is 11.5 Å². The Morgan fingerprint density at radius 1 is 1.16 bits per heavy atom. The van der Waals surface area contributed by atoms with Gasteiger partial charge in [-0.3, -0.25) is 4.79 Å². The second kappa shape index (κ2) is 7.83. The number of rotatable bonds is 5. The second-order valence-corrected chi connectivity index (χ2v) is 6.81. The molecule has 4 nitrogen and oxygen atoms in total. The molecule has 2 aromatic carbocycles. The maximum absolute atomic E-state index is 13.2. The first-order valence-corrected chi connectivity index (χ1v) is 9.58. The topological polar surface area (TPSA) is 38.8 Å². The fraction of sp³-hybridized carbons (Fsp3) is 0.350. The van der Waals surface area contributed by atoms with Crippen LogP contribution >= 0.6 is 11.8 Å². The summed E-state index contributed by atoms with van der Waals surface area (Å²) < 4.78 is 10.9. The van der Waals surface area contributed by atoms with Crippen molar-refractivity contribution in [3.63, 3.8) is 0 Å². The van der Waals surface area contributed by atoms with Crippen LogP contribution in [0, 0.1) is 0 Å². The van der Waals surface area contributed by atoms with Gasteiger partial charge in [0.15, 0.2) is 0 Å². The van der Waals surface area contributed by atoms with Gasteiger partial charge in [0.2, 0.25) is 0 Å². The zero-order chi connectivity index (χ0) is 17.8. The number of carbonyl (C=O) groups excluding carboxylic acids is 1. The largest absolute Gasteiger partial charge is 0.497 e. The summed E-state index contributed by atoms with van der Waals surface area (Å²) in [6.45, 7) is 0.757. The van der Waals surface area contributed by atoms with Gasteiger partial charge >= 0.3 is 0 Å². The molecule has 1 heterocycles. The van der Waals surface area contributed by atoms with Crippen LogP contribution in [0.2, 0.25) is 0 Å². The van der Waals surface area contributed by atoms with Gasteiger partial charge in [-0.1, -0.05) is 12.1 Å². The SMILES string of the molecule is COc1ccc(OC)c(C2CCCN2C(=O)c2ccccc2SC)c1. The van der Waals surface area contributed by atoms with Gasteiger partial charge in [-0.05, 0) is 49.4 Å². The van der Waals surface area contributed by atoms with Crippen LogP contribution in [0.1, 0.15) is 34.8 Å². The number of carbonyl (C=O) groups is 1. The molecule has 1 unspecified atom stereocenters. The van der Waals surface area contributed by atoms with Crippen molar-refractivity contribution in [3.8, 4) is 11.5 Å². The Kier molecular flexibility index (Phi) is 5.53. The van der Waals surface area contributed by atoms with E-state index in [1.54, 1.807) is 26.0 Å². The van der Waals surface area contributed by atoms with Gasteiger partial charge in [0.1, 0.15) is 11.5 Å². The first-order valence-electron chi connectivity index (χ1n) is 8.35. The van der Waals surface area contributed by atoms with Crippen molar-refractivity contribution in [1.29, 1.82) is 0 Å². The molecule has 0 aromatic heterocycles. The molecule has 1 aliphatic rings. The van der Waals surface area contributed by atoms with Gasteiger partial charge < -0.3 is 14.4 Å². The minimum Gasteiger partial charge on any atom is -0.497 e. The maximum Gasteiger partial charge on any atom is 0.255 e. The number of ether oxygens (including phenoxy) is 2. The summed E-state index contributed by atoms with van der Waals surface area (Å²) in [4.78, 5) is 16.2. The van der Waals surface area contributed by atoms with Crippen molar-refractivity contribution < 1.29 is 14.3 Å². The highest BCUT2D eigenvalue weighted by atomic mass is 32.2. The van der Waals surface area contributed by atoms with E-state index in [2.05, 4.69) is 0 Å². The van der Waals surface area contributed by atoms with Crippen LogP contribution in [0.3, 0.4) is 0 Å². The predicted octanol–water partition coefficient (Wildman–Crippen LogP) is 4.40. The molecule has 5 heteroatoms. The summed E-state index contributed by atoms with van der Waals surface area (Å²) in [6, 6.07) is 13.6. The fourth-order valence-electron chi connectivity index (χ4n) is 3.41. The molecule has 1 fully saturated rings. The van der Waals surface area contributed by atoms with E-state index in [0.29, 0.717) is 0 Å². The number of benzene rings is 2. The lowest BCUT2D eigenvalue weighted by atomic mass is 10.0. The molecule has 25 heavy (non-hydrogen) atoms. The number of hydrogen-bond acceptors (Lipinski definition) is 4. The highest BCUT2D eigenvalue weighted by molar-refractivity contribution is 7.98. The van der Waals surface area contributed by atoms with Crippen molar-refractivity contribution in [1.82, 2.24) is 4.90 Å². The van der Waals surface area contributed by atoms with E-state index < -0.39 is 0 Å². The molecule has 1 saturated heterocycles. The highest BCUT2D eigenvalue weighted by Crippen LogP contribution is 2.40. The Morgan fingerprint density at radius 3 is 2.68 bits per heavy atom. The Balaban J connectivity index is 1.97. The van der Waals surface area contributed by atoms with E-state index in [0.717, 1.165) is 46.9 Å². The quantitative estimate of drug-likeness (QED) is 0.744. The average Bonchev–Trinajstić information content (AvgIpc) is 3.16. The lowest BCUT2D eigenvalue weighted by Gasteiger charge is -2.27. The Hall–Kier alpha value is -2.14. The number of hydrogen-bond donors (Lipinski definition) is 0. The molecule has 0 saturated carbocycles. The minimum absolute atomic E-state index is 0.00691. The third-order valence-electron chi connectivity index (χ3n) is 4.65. The fourth-order valence-corrected chi connectivity index (χ4v) is 4.00. The average molecular weight is 357 g/mol. The molecule has 0 aliphatic carbocycles. The van der Waals surface area contributed by atoms with Crippen molar-refractivity contribution in [2.24, 2.45) is 0 Å². The highest BCUT2D eigenvalue weighted by Gasteiger charge is 2.33. The van der Waals surface area contributed by atoms with Crippen LogP contribution in [0.4, 0.5) is 0 Å². The van der Waals surface area contributed by atoms with Crippen molar-refractivity contribution >= 4 is 17.7 Å².